The van der Waals surface area contributed by atoms with Crippen LogP contribution in [0.25, 0.3) is 0 Å². The van der Waals surface area contributed by atoms with Crippen LogP contribution in [0.4, 0.5) is 5.13 Å². The average molecular weight is 494 g/mol. The van der Waals surface area contributed by atoms with Crippen molar-refractivity contribution >= 4 is 48.3 Å². The molecule has 0 spiro atoms. The van der Waals surface area contributed by atoms with E-state index in [0.717, 1.165) is 26.9 Å². The van der Waals surface area contributed by atoms with Crippen LogP contribution in [0.15, 0.2) is 52.0 Å². The molecule has 2 N–H and O–H groups in total. The van der Waals surface area contributed by atoms with Crippen LogP contribution < -0.4 is 10.0 Å². The smallest absolute Gasteiger partial charge is 0.257 e. The number of hydrogen-bond acceptors (Lipinski definition) is 5. The molecule has 3 rings (SSSR count). The van der Waals surface area contributed by atoms with Crippen molar-refractivity contribution in [3.05, 3.63) is 74.2 Å². The summed E-state index contributed by atoms with van der Waals surface area (Å²) in [5, 5.41) is 3.24. The van der Waals surface area contributed by atoms with E-state index in [4.69, 9.17) is 0 Å². The van der Waals surface area contributed by atoms with Gasteiger partial charge in [0.15, 0.2) is 5.13 Å². The first-order valence-electron chi connectivity index (χ1n) is 8.75. The quantitative estimate of drug-likeness (QED) is 0.536. The monoisotopic (exact) mass is 493 g/mol. The molecule has 0 aliphatic carbocycles. The highest BCUT2D eigenvalue weighted by Gasteiger charge is 2.17. The van der Waals surface area contributed by atoms with Crippen molar-refractivity contribution in [1.29, 1.82) is 0 Å². The third kappa shape index (κ3) is 5.11. The lowest BCUT2D eigenvalue weighted by atomic mass is 10.1. The normalized spacial score (nSPS) is 11.4. The summed E-state index contributed by atoms with van der Waals surface area (Å²) in [6.07, 6.45) is 2.46. The molecule has 152 valence electrons. The van der Waals surface area contributed by atoms with Crippen molar-refractivity contribution in [3.63, 3.8) is 0 Å². The Hall–Kier alpha value is -2.07. The van der Waals surface area contributed by atoms with Crippen molar-refractivity contribution in [2.24, 2.45) is 0 Å². The van der Waals surface area contributed by atoms with Gasteiger partial charge in [-0.2, -0.15) is 0 Å². The first kappa shape index (κ1) is 21.6. The highest BCUT2D eigenvalue weighted by molar-refractivity contribution is 9.10. The molecular formula is C20H20BrN3O3S2. The molecule has 0 radical (unpaired) electrons. The van der Waals surface area contributed by atoms with Gasteiger partial charge in [-0.1, -0.05) is 34.1 Å². The first-order valence-corrected chi connectivity index (χ1v) is 11.8. The van der Waals surface area contributed by atoms with E-state index >= 15 is 0 Å². The number of thiazole rings is 1. The van der Waals surface area contributed by atoms with Gasteiger partial charge in [-0.05, 0) is 55.8 Å². The van der Waals surface area contributed by atoms with Gasteiger partial charge in [-0.3, -0.25) is 10.1 Å². The Labute approximate surface area is 182 Å². The molecule has 29 heavy (non-hydrogen) atoms. The summed E-state index contributed by atoms with van der Waals surface area (Å²) in [6, 6.07) is 10.6. The number of nitrogens with zero attached hydrogens (tertiary/aromatic N) is 1. The second kappa shape index (κ2) is 8.74. The Balaban J connectivity index is 1.76. The zero-order valence-corrected chi connectivity index (χ0v) is 19.3. The number of benzene rings is 2. The number of aromatic nitrogens is 1. The molecule has 0 atom stereocenters. The minimum absolute atomic E-state index is 0.0428. The van der Waals surface area contributed by atoms with E-state index in [1.54, 1.807) is 19.2 Å². The summed E-state index contributed by atoms with van der Waals surface area (Å²) in [5.74, 6) is -0.393. The molecule has 0 aliphatic heterocycles. The number of carbonyl (C=O) groups excluding carboxylic acids is 1. The number of hydrogen-bond donors (Lipinski definition) is 2. The predicted molar refractivity (Wildman–Crippen MR) is 119 cm³/mol. The largest absolute Gasteiger partial charge is 0.298 e. The van der Waals surface area contributed by atoms with Crippen molar-refractivity contribution in [2.45, 2.75) is 25.2 Å². The molecule has 0 saturated carbocycles. The topological polar surface area (TPSA) is 88.2 Å². The Morgan fingerprint density at radius 2 is 1.90 bits per heavy atom. The zero-order valence-electron chi connectivity index (χ0n) is 16.1. The van der Waals surface area contributed by atoms with Crippen LogP contribution in [0.2, 0.25) is 0 Å². The minimum atomic E-state index is -3.63. The molecular weight excluding hydrogens is 474 g/mol. The molecule has 9 heteroatoms. The SMILES string of the molecule is CNS(=O)(=O)c1ccc(C)c(C(=O)Nc2ncc(Cc3ccc(Br)c(C)c3)s2)c1. The van der Waals surface area contributed by atoms with Gasteiger partial charge in [0, 0.05) is 27.5 Å². The summed E-state index contributed by atoms with van der Waals surface area (Å²) in [7, 11) is -2.30. The number of sulfonamides is 1. The number of amides is 1. The Morgan fingerprint density at radius 1 is 1.14 bits per heavy atom. The first-order chi connectivity index (χ1) is 13.7. The number of nitrogens with one attached hydrogen (secondary N) is 2. The maximum atomic E-state index is 12.7. The second-order valence-corrected chi connectivity index (χ2v) is 10.4. The lowest BCUT2D eigenvalue weighted by molar-refractivity contribution is 0.102. The van der Waals surface area contributed by atoms with Gasteiger partial charge in [-0.15, -0.1) is 11.3 Å². The van der Waals surface area contributed by atoms with Crippen LogP contribution in [0.1, 0.15) is 31.9 Å². The number of carbonyl (C=O) groups is 1. The second-order valence-electron chi connectivity index (χ2n) is 6.53. The van der Waals surface area contributed by atoms with Gasteiger partial charge in [-0.25, -0.2) is 18.1 Å². The Kier molecular flexibility index (Phi) is 6.52. The maximum absolute atomic E-state index is 12.7. The summed E-state index contributed by atoms with van der Waals surface area (Å²) in [5.41, 5.74) is 3.29. The lowest BCUT2D eigenvalue weighted by Crippen LogP contribution is -2.20. The van der Waals surface area contributed by atoms with Crippen LogP contribution in [0, 0.1) is 13.8 Å². The standard InChI is InChI=1S/C20H20BrN3O3S2/c1-12-4-6-16(29(26,27)22-3)10-17(12)19(25)24-20-23-11-15(28-20)9-14-5-7-18(21)13(2)8-14/h4-8,10-11,22H,9H2,1-3H3,(H,23,24,25). The van der Waals surface area contributed by atoms with E-state index in [9.17, 15) is 13.2 Å². The summed E-state index contributed by atoms with van der Waals surface area (Å²) in [6.45, 7) is 3.80. The van der Waals surface area contributed by atoms with Gasteiger partial charge in [0.25, 0.3) is 5.91 Å². The van der Waals surface area contributed by atoms with E-state index in [2.05, 4.69) is 37.0 Å². The van der Waals surface area contributed by atoms with Gasteiger partial charge < -0.3 is 0 Å². The summed E-state index contributed by atoms with van der Waals surface area (Å²) in [4.78, 5) is 18.0. The fourth-order valence-corrected chi connectivity index (χ4v) is 4.60. The van der Waals surface area contributed by atoms with Gasteiger partial charge in [0.2, 0.25) is 10.0 Å². The average Bonchev–Trinajstić information content (AvgIpc) is 3.11. The number of aryl methyl sites for hydroxylation is 2. The molecule has 1 amide bonds. The highest BCUT2D eigenvalue weighted by Crippen LogP contribution is 2.25. The van der Waals surface area contributed by atoms with Gasteiger partial charge in [0.1, 0.15) is 0 Å². The predicted octanol–water partition coefficient (Wildman–Crippen LogP) is 4.27. The van der Waals surface area contributed by atoms with Crippen molar-refractivity contribution in [3.8, 4) is 0 Å². The van der Waals surface area contributed by atoms with Crippen LogP contribution >= 0.6 is 27.3 Å². The third-order valence-corrected chi connectivity index (χ3v) is 7.62. The van der Waals surface area contributed by atoms with Crippen LogP contribution in [-0.2, 0) is 16.4 Å². The lowest BCUT2D eigenvalue weighted by Gasteiger charge is -2.08. The highest BCUT2D eigenvalue weighted by atomic mass is 79.9. The molecule has 0 fully saturated rings. The van der Waals surface area contributed by atoms with E-state index in [-0.39, 0.29) is 4.90 Å². The van der Waals surface area contributed by atoms with Gasteiger partial charge >= 0.3 is 0 Å². The maximum Gasteiger partial charge on any atom is 0.257 e. The number of anilines is 1. The van der Waals surface area contributed by atoms with Crippen molar-refractivity contribution in [2.75, 3.05) is 12.4 Å². The molecule has 1 heterocycles. The van der Waals surface area contributed by atoms with Crippen LogP contribution in [0.5, 0.6) is 0 Å². The third-order valence-electron chi connectivity index (χ3n) is 4.41. The van der Waals surface area contributed by atoms with E-state index in [1.165, 1.54) is 30.5 Å². The van der Waals surface area contributed by atoms with Crippen molar-refractivity contribution < 1.29 is 13.2 Å². The molecule has 0 saturated heterocycles. The Bertz CT molecular complexity index is 1170. The molecule has 0 unspecified atom stereocenters. The zero-order chi connectivity index (χ0) is 21.2. The molecule has 3 aromatic rings. The van der Waals surface area contributed by atoms with Gasteiger partial charge in [0.05, 0.1) is 4.90 Å². The molecule has 6 nitrogen and oxygen atoms in total. The van der Waals surface area contributed by atoms with Crippen LogP contribution in [0.3, 0.4) is 0 Å². The molecule has 0 aliphatic rings. The fourth-order valence-electron chi connectivity index (χ4n) is 2.76. The Morgan fingerprint density at radius 3 is 2.59 bits per heavy atom. The number of halogens is 1. The van der Waals surface area contributed by atoms with Crippen LogP contribution in [-0.4, -0.2) is 26.4 Å². The fraction of sp³-hybridized carbons (Fsp3) is 0.200. The number of rotatable bonds is 6. The molecule has 2 aromatic carbocycles. The molecule has 1 aromatic heterocycles. The van der Waals surface area contributed by atoms with E-state index < -0.39 is 15.9 Å². The molecule has 0 bridgehead atoms. The van der Waals surface area contributed by atoms with Crippen molar-refractivity contribution in [1.82, 2.24) is 9.71 Å². The summed E-state index contributed by atoms with van der Waals surface area (Å²) < 4.78 is 27.3. The minimum Gasteiger partial charge on any atom is -0.298 e. The van der Waals surface area contributed by atoms with E-state index in [0.29, 0.717) is 16.3 Å². The van der Waals surface area contributed by atoms with E-state index in [1.807, 2.05) is 19.1 Å². The summed E-state index contributed by atoms with van der Waals surface area (Å²) >= 11 is 4.89.